The molecule has 7 heteroatoms. The van der Waals surface area contributed by atoms with Crippen LogP contribution in [0.5, 0.6) is 0 Å². The Morgan fingerprint density at radius 1 is 1.03 bits per heavy atom. The highest BCUT2D eigenvalue weighted by Gasteiger charge is 2.23. The number of rotatable bonds is 5. The van der Waals surface area contributed by atoms with Gasteiger partial charge in [-0.1, -0.05) is 54.1 Å². The maximum Gasteiger partial charge on any atom is 0.259 e. The molecule has 0 saturated heterocycles. The van der Waals surface area contributed by atoms with Gasteiger partial charge in [-0.05, 0) is 47.9 Å². The number of fused-ring (bicyclic) bond motifs is 1. The minimum absolute atomic E-state index is 0.0222. The number of nitrogens with one attached hydrogen (secondary N) is 1. The molecule has 6 nitrogen and oxygen atoms in total. The Balaban J connectivity index is 1.45. The van der Waals surface area contributed by atoms with Crippen LogP contribution in [-0.4, -0.2) is 28.1 Å². The van der Waals surface area contributed by atoms with Gasteiger partial charge in [-0.15, -0.1) is 0 Å². The molecule has 4 aromatic rings. The number of halogens is 1. The molecule has 5 rings (SSSR count). The van der Waals surface area contributed by atoms with Gasteiger partial charge in [-0.25, -0.2) is 0 Å². The molecule has 34 heavy (non-hydrogen) atoms. The maximum atomic E-state index is 13.4. The van der Waals surface area contributed by atoms with Crippen LogP contribution < -0.4 is 10.2 Å². The van der Waals surface area contributed by atoms with Crippen LogP contribution in [0, 0.1) is 0 Å². The first kappa shape index (κ1) is 21.9. The van der Waals surface area contributed by atoms with Gasteiger partial charge in [0.15, 0.2) is 0 Å². The fourth-order valence-electron chi connectivity index (χ4n) is 4.27. The van der Waals surface area contributed by atoms with Gasteiger partial charge in [-0.2, -0.15) is 5.10 Å². The molecule has 0 aliphatic carbocycles. The van der Waals surface area contributed by atoms with Crippen LogP contribution in [0.25, 0.3) is 11.3 Å². The van der Waals surface area contributed by atoms with E-state index in [4.69, 9.17) is 16.7 Å². The van der Waals surface area contributed by atoms with Gasteiger partial charge in [-0.3, -0.25) is 14.3 Å². The van der Waals surface area contributed by atoms with E-state index in [1.54, 1.807) is 34.8 Å². The van der Waals surface area contributed by atoms with Crippen molar-refractivity contribution in [2.75, 3.05) is 16.8 Å². The van der Waals surface area contributed by atoms with E-state index in [2.05, 4.69) is 5.32 Å². The second-order valence-electron chi connectivity index (χ2n) is 8.30. The number of aromatic nitrogens is 2. The van der Waals surface area contributed by atoms with Crippen molar-refractivity contribution in [3.8, 4) is 11.3 Å². The summed E-state index contributed by atoms with van der Waals surface area (Å²) in [6, 6.07) is 22.9. The molecular formula is C27H23ClN4O2. The van der Waals surface area contributed by atoms with E-state index in [1.165, 1.54) is 0 Å². The molecule has 0 unspecified atom stereocenters. The third kappa shape index (κ3) is 4.45. The molecule has 0 bridgehead atoms. The summed E-state index contributed by atoms with van der Waals surface area (Å²) >= 11 is 6.07. The van der Waals surface area contributed by atoms with E-state index in [9.17, 15) is 9.59 Å². The zero-order valence-corrected chi connectivity index (χ0v) is 19.4. The smallest absolute Gasteiger partial charge is 0.259 e. The monoisotopic (exact) mass is 470 g/mol. The lowest BCUT2D eigenvalue weighted by Crippen LogP contribution is -2.25. The summed E-state index contributed by atoms with van der Waals surface area (Å²) in [7, 11) is 0. The van der Waals surface area contributed by atoms with Crippen molar-refractivity contribution in [1.29, 1.82) is 0 Å². The molecule has 170 valence electrons. The molecule has 0 atom stereocenters. The zero-order chi connectivity index (χ0) is 23.7. The first-order chi connectivity index (χ1) is 16.5. The SMILES string of the molecule is CC(=O)N1CCc2cc(NC(=O)c3cn(Cc4ccccc4)nc3-c3ccc(Cl)cc3)ccc21. The van der Waals surface area contributed by atoms with Crippen LogP contribution in [0.2, 0.25) is 5.02 Å². The molecule has 2 heterocycles. The Hall–Kier alpha value is -3.90. The molecule has 0 radical (unpaired) electrons. The molecule has 1 N–H and O–H groups in total. The van der Waals surface area contributed by atoms with Crippen LogP contribution in [0.1, 0.15) is 28.4 Å². The van der Waals surface area contributed by atoms with Crippen LogP contribution in [0.3, 0.4) is 0 Å². The lowest BCUT2D eigenvalue weighted by molar-refractivity contribution is -0.116. The lowest BCUT2D eigenvalue weighted by Gasteiger charge is -2.15. The highest BCUT2D eigenvalue weighted by Crippen LogP contribution is 2.31. The maximum absolute atomic E-state index is 13.4. The van der Waals surface area contributed by atoms with Crippen molar-refractivity contribution in [3.05, 3.63) is 101 Å². The topological polar surface area (TPSA) is 67.2 Å². The summed E-state index contributed by atoms with van der Waals surface area (Å²) in [5.41, 5.74) is 5.61. The molecule has 1 aliphatic heterocycles. The van der Waals surface area contributed by atoms with E-state index in [0.717, 1.165) is 28.8 Å². The number of carbonyl (C=O) groups is 2. The van der Waals surface area contributed by atoms with E-state index >= 15 is 0 Å². The molecule has 3 aromatic carbocycles. The predicted molar refractivity (Wildman–Crippen MR) is 134 cm³/mol. The fraction of sp³-hybridized carbons (Fsp3) is 0.148. The third-order valence-electron chi connectivity index (χ3n) is 5.92. The summed E-state index contributed by atoms with van der Waals surface area (Å²) in [5, 5.41) is 8.35. The van der Waals surface area contributed by atoms with Crippen molar-refractivity contribution >= 4 is 34.8 Å². The number of hydrogen-bond donors (Lipinski definition) is 1. The molecule has 0 saturated carbocycles. The van der Waals surface area contributed by atoms with Gasteiger partial charge in [0.25, 0.3) is 5.91 Å². The Labute approximate surface area is 202 Å². The van der Waals surface area contributed by atoms with Crippen molar-refractivity contribution in [2.24, 2.45) is 0 Å². The van der Waals surface area contributed by atoms with Crippen LogP contribution in [0.4, 0.5) is 11.4 Å². The molecular weight excluding hydrogens is 448 g/mol. The summed E-state index contributed by atoms with van der Waals surface area (Å²) in [6.45, 7) is 2.78. The van der Waals surface area contributed by atoms with Crippen molar-refractivity contribution < 1.29 is 9.59 Å². The molecule has 1 aliphatic rings. The van der Waals surface area contributed by atoms with Gasteiger partial charge >= 0.3 is 0 Å². The van der Waals surface area contributed by atoms with Gasteiger partial charge < -0.3 is 10.2 Å². The Kier molecular flexibility index (Phi) is 5.90. The van der Waals surface area contributed by atoms with Crippen LogP contribution in [0.15, 0.2) is 79.0 Å². The standard InChI is InChI=1S/C27H23ClN4O2/c1-18(33)32-14-13-21-15-23(11-12-25(21)32)29-27(34)24-17-31(16-19-5-3-2-4-6-19)30-26(24)20-7-9-22(28)10-8-20/h2-12,15,17H,13-14,16H2,1H3,(H,29,34). The molecule has 1 aromatic heterocycles. The average molecular weight is 471 g/mol. The number of carbonyl (C=O) groups excluding carboxylic acids is 2. The second kappa shape index (κ2) is 9.15. The fourth-order valence-corrected chi connectivity index (χ4v) is 4.39. The van der Waals surface area contributed by atoms with E-state index in [0.29, 0.717) is 35.1 Å². The lowest BCUT2D eigenvalue weighted by atomic mass is 10.1. The van der Waals surface area contributed by atoms with E-state index in [-0.39, 0.29) is 11.8 Å². The molecule has 0 fully saturated rings. The van der Waals surface area contributed by atoms with Crippen LogP contribution >= 0.6 is 11.6 Å². The van der Waals surface area contributed by atoms with Crippen LogP contribution in [-0.2, 0) is 17.8 Å². The highest BCUT2D eigenvalue weighted by molar-refractivity contribution is 6.30. The second-order valence-corrected chi connectivity index (χ2v) is 8.74. The third-order valence-corrected chi connectivity index (χ3v) is 6.18. The number of amides is 2. The normalized spacial score (nSPS) is 12.5. The number of benzene rings is 3. The van der Waals surface area contributed by atoms with Gasteiger partial charge in [0.05, 0.1) is 12.1 Å². The van der Waals surface area contributed by atoms with Crippen molar-refractivity contribution in [2.45, 2.75) is 19.9 Å². The van der Waals surface area contributed by atoms with Gasteiger partial charge in [0.2, 0.25) is 5.91 Å². The minimum atomic E-state index is -0.245. The molecule has 2 amide bonds. The minimum Gasteiger partial charge on any atom is -0.322 e. The van der Waals surface area contributed by atoms with E-state index < -0.39 is 0 Å². The average Bonchev–Trinajstić information content (AvgIpc) is 3.44. The van der Waals surface area contributed by atoms with Gasteiger partial charge in [0, 0.05) is 41.6 Å². The van der Waals surface area contributed by atoms with Gasteiger partial charge in [0.1, 0.15) is 5.69 Å². The van der Waals surface area contributed by atoms with Crippen molar-refractivity contribution in [1.82, 2.24) is 9.78 Å². The first-order valence-electron chi connectivity index (χ1n) is 11.1. The zero-order valence-electron chi connectivity index (χ0n) is 18.7. The number of anilines is 2. The number of nitrogens with zero attached hydrogens (tertiary/aromatic N) is 3. The molecule has 0 spiro atoms. The number of hydrogen-bond acceptors (Lipinski definition) is 3. The Morgan fingerprint density at radius 3 is 2.53 bits per heavy atom. The Morgan fingerprint density at radius 2 is 1.79 bits per heavy atom. The first-order valence-corrected chi connectivity index (χ1v) is 11.5. The summed E-state index contributed by atoms with van der Waals surface area (Å²) < 4.78 is 1.78. The Bertz CT molecular complexity index is 1360. The predicted octanol–water partition coefficient (Wildman–Crippen LogP) is 5.41. The summed E-state index contributed by atoms with van der Waals surface area (Å²) in [6.07, 6.45) is 2.54. The van der Waals surface area contributed by atoms with E-state index in [1.807, 2.05) is 60.7 Å². The quantitative estimate of drug-likeness (QED) is 0.424. The highest BCUT2D eigenvalue weighted by atomic mass is 35.5. The summed E-state index contributed by atoms with van der Waals surface area (Å²) in [5.74, 6) is -0.223. The van der Waals surface area contributed by atoms with Crippen molar-refractivity contribution in [3.63, 3.8) is 0 Å². The largest absolute Gasteiger partial charge is 0.322 e. The summed E-state index contributed by atoms with van der Waals surface area (Å²) in [4.78, 5) is 26.9.